The maximum absolute atomic E-state index is 6.19. The monoisotopic (exact) mass is 495 g/mol. The van der Waals surface area contributed by atoms with Crippen molar-refractivity contribution in [3.63, 3.8) is 0 Å². The van der Waals surface area contributed by atoms with Gasteiger partial charge >= 0.3 is 0 Å². The lowest BCUT2D eigenvalue weighted by molar-refractivity contribution is 0.258. The molecule has 182 valence electrons. The summed E-state index contributed by atoms with van der Waals surface area (Å²) in [4.78, 5) is 14.8. The zero-order valence-corrected chi connectivity index (χ0v) is 21.1. The highest BCUT2D eigenvalue weighted by Crippen LogP contribution is 2.36. The van der Waals surface area contributed by atoms with Crippen molar-refractivity contribution >= 4 is 28.7 Å². The molecule has 0 saturated heterocycles. The highest BCUT2D eigenvalue weighted by molar-refractivity contribution is 7.09. The van der Waals surface area contributed by atoms with Crippen LogP contribution in [0.3, 0.4) is 0 Å². The van der Waals surface area contributed by atoms with E-state index in [4.69, 9.17) is 15.5 Å². The number of nitrogens with zero attached hydrogens (tertiary/aromatic N) is 3. The van der Waals surface area contributed by atoms with Crippen molar-refractivity contribution < 1.29 is 4.74 Å². The maximum Gasteiger partial charge on any atom is 0.220 e. The van der Waals surface area contributed by atoms with E-state index in [1.165, 1.54) is 27.3 Å². The first-order chi connectivity index (χ1) is 17.6. The molecule has 2 aromatic heterocycles. The molecule has 2 unspecified atom stereocenters. The van der Waals surface area contributed by atoms with Crippen LogP contribution in [-0.4, -0.2) is 28.8 Å². The Kier molecular flexibility index (Phi) is 6.25. The summed E-state index contributed by atoms with van der Waals surface area (Å²) in [7, 11) is 0. The second-order valence-corrected chi connectivity index (χ2v) is 10.5. The zero-order chi connectivity index (χ0) is 24.5. The average Bonchev–Trinajstić information content (AvgIpc) is 3.57. The predicted octanol–water partition coefficient (Wildman–Crippen LogP) is 5.56. The van der Waals surface area contributed by atoms with Crippen molar-refractivity contribution in [3.8, 4) is 17.0 Å². The number of fused-ring (bicyclic) bond motifs is 2. The van der Waals surface area contributed by atoms with Crippen LogP contribution in [0.2, 0.25) is 0 Å². The van der Waals surface area contributed by atoms with Gasteiger partial charge in [-0.2, -0.15) is 0 Å². The second-order valence-electron chi connectivity index (χ2n) is 9.51. The van der Waals surface area contributed by atoms with Gasteiger partial charge in [-0.05, 0) is 66.1 Å². The molecular weight excluding hydrogens is 466 g/mol. The van der Waals surface area contributed by atoms with E-state index in [2.05, 4.69) is 76.1 Å². The quantitative estimate of drug-likeness (QED) is 0.351. The van der Waals surface area contributed by atoms with Crippen LogP contribution in [0.15, 0.2) is 71.2 Å². The molecule has 7 heteroatoms. The Morgan fingerprint density at radius 3 is 2.94 bits per heavy atom. The zero-order valence-electron chi connectivity index (χ0n) is 20.3. The van der Waals surface area contributed by atoms with Gasteiger partial charge in [0.2, 0.25) is 5.95 Å². The van der Waals surface area contributed by atoms with Crippen molar-refractivity contribution in [1.29, 1.82) is 0 Å². The van der Waals surface area contributed by atoms with Crippen LogP contribution in [0.1, 0.15) is 34.5 Å². The molecule has 6 nitrogen and oxygen atoms in total. The van der Waals surface area contributed by atoms with E-state index < -0.39 is 0 Å². The summed E-state index contributed by atoms with van der Waals surface area (Å²) in [5.74, 6) is 1.56. The van der Waals surface area contributed by atoms with E-state index in [9.17, 15) is 0 Å². The van der Waals surface area contributed by atoms with Crippen LogP contribution < -0.4 is 15.8 Å². The molecule has 2 atom stereocenters. The minimum Gasteiger partial charge on any atom is -0.493 e. The molecule has 36 heavy (non-hydrogen) atoms. The van der Waals surface area contributed by atoms with Crippen molar-refractivity contribution in [2.45, 2.75) is 32.2 Å². The summed E-state index contributed by atoms with van der Waals surface area (Å²) >= 11 is 1.82. The fourth-order valence-corrected chi connectivity index (χ4v) is 5.73. The van der Waals surface area contributed by atoms with E-state index in [1.807, 2.05) is 17.4 Å². The van der Waals surface area contributed by atoms with E-state index in [0.717, 1.165) is 48.5 Å². The number of nitrogen functional groups attached to an aromatic ring is 1. The normalized spacial score (nSPS) is 17.1. The van der Waals surface area contributed by atoms with Crippen molar-refractivity contribution in [2.75, 3.05) is 18.9 Å². The molecule has 2 aliphatic heterocycles. The van der Waals surface area contributed by atoms with Gasteiger partial charge in [-0.1, -0.05) is 30.3 Å². The Labute approximate surface area is 215 Å². The first-order valence-electron chi connectivity index (χ1n) is 12.4. The van der Waals surface area contributed by atoms with Gasteiger partial charge in [0.1, 0.15) is 5.75 Å². The average molecular weight is 496 g/mol. The lowest BCUT2D eigenvalue weighted by atomic mass is 9.89. The van der Waals surface area contributed by atoms with Gasteiger partial charge in [0.15, 0.2) is 0 Å². The highest BCUT2D eigenvalue weighted by atomic mass is 32.1. The number of aromatic nitrogens is 2. The Hall–Kier alpha value is -3.55. The highest BCUT2D eigenvalue weighted by Gasteiger charge is 2.28. The largest absolute Gasteiger partial charge is 0.493 e. The van der Waals surface area contributed by atoms with Gasteiger partial charge in [0, 0.05) is 47.3 Å². The summed E-state index contributed by atoms with van der Waals surface area (Å²) in [5, 5.41) is 5.81. The third kappa shape index (κ3) is 4.76. The van der Waals surface area contributed by atoms with Crippen molar-refractivity contribution in [2.24, 2.45) is 10.9 Å². The number of nitrogens with one attached hydrogen (secondary N) is 1. The number of thiophene rings is 1. The molecule has 2 aliphatic rings. The molecule has 0 bridgehead atoms. The van der Waals surface area contributed by atoms with E-state index >= 15 is 0 Å². The molecule has 0 radical (unpaired) electrons. The maximum atomic E-state index is 6.19. The fourth-order valence-electron chi connectivity index (χ4n) is 5.02. The molecule has 0 amide bonds. The summed E-state index contributed by atoms with van der Waals surface area (Å²) in [6.07, 6.45) is 4.56. The molecule has 3 N–H and O–H groups in total. The van der Waals surface area contributed by atoms with E-state index in [0.29, 0.717) is 6.61 Å². The van der Waals surface area contributed by atoms with Gasteiger partial charge in [-0.3, -0.25) is 4.99 Å². The topological polar surface area (TPSA) is 85.4 Å². The summed E-state index contributed by atoms with van der Waals surface area (Å²) in [5.41, 5.74) is 13.6. The standard InChI is InChI=1S/C29H29N5OS/c1-18(31-10-8-24-3-2-12-36-24)19-6-7-28-22(13-19)14-23(17-35-28)27-16-21-5-4-20(15-26(21)33-27)25-9-11-32-29(30)34-25/h2-7,9,11-13,15,18,23,31H,8,10,14,16-17H2,1H3,(H2,30,32,34). The smallest absolute Gasteiger partial charge is 0.220 e. The molecular formula is C29H29N5OS. The summed E-state index contributed by atoms with van der Waals surface area (Å²) < 4.78 is 6.19. The number of ether oxygens (including phenoxy) is 1. The minimum absolute atomic E-state index is 0.278. The lowest BCUT2D eigenvalue weighted by Gasteiger charge is -2.27. The number of benzene rings is 2. The molecule has 6 rings (SSSR count). The number of hydrogen-bond donors (Lipinski definition) is 2. The molecule has 2 aromatic carbocycles. The number of aliphatic imine (C=N–C) groups is 1. The number of hydrogen-bond acceptors (Lipinski definition) is 7. The molecule has 0 spiro atoms. The summed E-state index contributed by atoms with van der Waals surface area (Å²) in [6.45, 7) is 3.87. The van der Waals surface area contributed by atoms with Crippen LogP contribution in [0.25, 0.3) is 11.3 Å². The Bertz CT molecular complexity index is 1420. The second kappa shape index (κ2) is 9.84. The molecule has 4 aromatic rings. The lowest BCUT2D eigenvalue weighted by Crippen LogP contribution is -2.29. The van der Waals surface area contributed by atoms with Crippen LogP contribution in [0.4, 0.5) is 11.6 Å². The molecule has 0 aliphatic carbocycles. The van der Waals surface area contributed by atoms with E-state index in [-0.39, 0.29) is 17.9 Å². The predicted molar refractivity (Wildman–Crippen MR) is 146 cm³/mol. The van der Waals surface area contributed by atoms with Crippen molar-refractivity contribution in [3.05, 3.63) is 87.7 Å². The molecule has 4 heterocycles. The minimum atomic E-state index is 0.278. The summed E-state index contributed by atoms with van der Waals surface area (Å²) in [6, 6.07) is 19.4. The van der Waals surface area contributed by atoms with Gasteiger partial charge in [-0.25, -0.2) is 9.97 Å². The van der Waals surface area contributed by atoms with Crippen LogP contribution in [0, 0.1) is 5.92 Å². The number of nitrogens with two attached hydrogens (primary N) is 1. The fraction of sp³-hybridized carbons (Fsp3) is 0.276. The Morgan fingerprint density at radius 2 is 2.08 bits per heavy atom. The third-order valence-corrected chi connectivity index (χ3v) is 7.99. The van der Waals surface area contributed by atoms with Gasteiger partial charge in [-0.15, -0.1) is 11.3 Å². The molecule has 0 fully saturated rings. The first kappa shape index (κ1) is 22.9. The van der Waals surface area contributed by atoms with Gasteiger partial charge < -0.3 is 15.8 Å². The van der Waals surface area contributed by atoms with E-state index in [1.54, 1.807) is 6.20 Å². The van der Waals surface area contributed by atoms with Gasteiger partial charge in [0.25, 0.3) is 0 Å². The van der Waals surface area contributed by atoms with Crippen LogP contribution >= 0.6 is 11.3 Å². The molecule has 0 saturated carbocycles. The first-order valence-corrected chi connectivity index (χ1v) is 13.3. The Morgan fingerprint density at radius 1 is 1.14 bits per heavy atom. The van der Waals surface area contributed by atoms with Crippen LogP contribution in [-0.2, 0) is 19.3 Å². The van der Waals surface area contributed by atoms with Crippen molar-refractivity contribution in [1.82, 2.24) is 15.3 Å². The number of rotatable bonds is 7. The number of anilines is 1. The van der Waals surface area contributed by atoms with Crippen LogP contribution in [0.5, 0.6) is 5.75 Å². The Balaban J connectivity index is 1.14. The van der Waals surface area contributed by atoms with Gasteiger partial charge in [0.05, 0.1) is 18.0 Å². The third-order valence-electron chi connectivity index (χ3n) is 7.06. The SMILES string of the molecule is CC(NCCc1cccs1)c1ccc2c(c1)CC(C1=Nc3cc(-c4ccnc(N)n4)ccc3C1)CO2.